The van der Waals surface area contributed by atoms with Crippen LogP contribution in [0.4, 0.5) is 0 Å². The van der Waals surface area contributed by atoms with E-state index >= 15 is 0 Å². The van der Waals surface area contributed by atoms with Gasteiger partial charge in [-0.3, -0.25) is 9.48 Å². The zero-order valence-electron chi connectivity index (χ0n) is 14.0. The molecule has 24 heavy (non-hydrogen) atoms. The van der Waals surface area contributed by atoms with Gasteiger partial charge in [0, 0.05) is 38.5 Å². The fourth-order valence-electron chi connectivity index (χ4n) is 3.14. The Balaban J connectivity index is 1.36. The third-order valence-corrected chi connectivity index (χ3v) is 4.44. The summed E-state index contributed by atoms with van der Waals surface area (Å²) in [5.74, 6) is 0.232. The zero-order chi connectivity index (χ0) is 16.6. The maximum absolute atomic E-state index is 12.4. The topological polar surface area (TPSA) is 47.4 Å². The lowest BCUT2D eigenvalue weighted by atomic mass is 10.1. The van der Waals surface area contributed by atoms with Gasteiger partial charge in [0.2, 0.25) is 5.91 Å². The second kappa shape index (κ2) is 8.64. The van der Waals surface area contributed by atoms with Crippen LogP contribution in [0.5, 0.6) is 0 Å². The molecule has 1 aromatic carbocycles. The van der Waals surface area contributed by atoms with E-state index in [9.17, 15) is 4.79 Å². The average molecular weight is 327 g/mol. The van der Waals surface area contributed by atoms with Gasteiger partial charge in [-0.25, -0.2) is 0 Å². The van der Waals surface area contributed by atoms with E-state index in [4.69, 9.17) is 4.74 Å². The van der Waals surface area contributed by atoms with E-state index in [-0.39, 0.29) is 5.91 Å². The molecule has 3 rings (SSSR count). The van der Waals surface area contributed by atoms with Crippen molar-refractivity contribution in [3.63, 3.8) is 0 Å². The van der Waals surface area contributed by atoms with Gasteiger partial charge in [-0.15, -0.1) is 0 Å². The van der Waals surface area contributed by atoms with Gasteiger partial charge in [0.05, 0.1) is 12.6 Å². The Morgan fingerprint density at radius 3 is 2.92 bits per heavy atom. The summed E-state index contributed by atoms with van der Waals surface area (Å²) < 4.78 is 7.63. The highest BCUT2D eigenvalue weighted by Crippen LogP contribution is 2.21. The highest BCUT2D eigenvalue weighted by atomic mass is 16.5. The molecule has 0 aliphatic carbocycles. The molecular formula is C19H25N3O2. The van der Waals surface area contributed by atoms with Gasteiger partial charge in [0.25, 0.3) is 0 Å². The average Bonchev–Trinajstić information content (AvgIpc) is 3.17. The number of hydrogen-bond acceptors (Lipinski definition) is 3. The standard InChI is InChI=1S/C19H25N3O2/c23-19(10-5-14-24-16-17-7-2-1-3-8-17)21-12-4-9-18(15-21)22-13-6-11-20-22/h1-3,6-8,11,13,18H,4-5,9-10,12,14-16H2/t18-/m0/s1. The van der Waals surface area contributed by atoms with E-state index in [1.54, 1.807) is 6.20 Å². The highest BCUT2D eigenvalue weighted by molar-refractivity contribution is 5.76. The Morgan fingerprint density at radius 2 is 2.12 bits per heavy atom. The SMILES string of the molecule is O=C(CCCOCc1ccccc1)N1CCC[C@H](n2cccn2)C1. The number of ether oxygens (including phenoxy) is 1. The summed E-state index contributed by atoms with van der Waals surface area (Å²) in [7, 11) is 0. The van der Waals surface area contributed by atoms with Crippen molar-refractivity contribution in [3.05, 3.63) is 54.4 Å². The van der Waals surface area contributed by atoms with Crippen LogP contribution in [-0.2, 0) is 16.1 Å². The lowest BCUT2D eigenvalue weighted by Crippen LogP contribution is -2.40. The Labute approximate surface area is 143 Å². The number of rotatable bonds is 7. The van der Waals surface area contributed by atoms with Crippen LogP contribution in [0.15, 0.2) is 48.8 Å². The van der Waals surface area contributed by atoms with Crippen molar-refractivity contribution in [2.24, 2.45) is 0 Å². The molecule has 1 aromatic heterocycles. The van der Waals surface area contributed by atoms with Crippen molar-refractivity contribution >= 4 is 5.91 Å². The first-order chi connectivity index (χ1) is 11.8. The molecule has 0 N–H and O–H groups in total. The number of likely N-dealkylation sites (tertiary alicyclic amines) is 1. The molecule has 0 unspecified atom stereocenters. The third kappa shape index (κ3) is 4.68. The largest absolute Gasteiger partial charge is 0.377 e. The number of carbonyl (C=O) groups excluding carboxylic acids is 1. The van der Waals surface area contributed by atoms with Crippen LogP contribution in [0, 0.1) is 0 Å². The minimum atomic E-state index is 0.232. The van der Waals surface area contributed by atoms with Crippen molar-refractivity contribution in [3.8, 4) is 0 Å². The van der Waals surface area contributed by atoms with Crippen LogP contribution in [-0.4, -0.2) is 40.3 Å². The third-order valence-electron chi connectivity index (χ3n) is 4.44. The fraction of sp³-hybridized carbons (Fsp3) is 0.474. The molecule has 5 heteroatoms. The fourth-order valence-corrected chi connectivity index (χ4v) is 3.14. The summed E-state index contributed by atoms with van der Waals surface area (Å²) in [5, 5.41) is 4.31. The van der Waals surface area contributed by atoms with E-state index in [1.165, 1.54) is 5.56 Å². The maximum Gasteiger partial charge on any atom is 0.222 e. The lowest BCUT2D eigenvalue weighted by Gasteiger charge is -2.33. The van der Waals surface area contributed by atoms with Crippen molar-refractivity contribution in [1.82, 2.24) is 14.7 Å². The maximum atomic E-state index is 12.4. The Morgan fingerprint density at radius 1 is 1.25 bits per heavy atom. The van der Waals surface area contributed by atoms with Crippen LogP contribution in [0.1, 0.15) is 37.3 Å². The molecule has 5 nitrogen and oxygen atoms in total. The van der Waals surface area contributed by atoms with Crippen LogP contribution in [0.2, 0.25) is 0 Å². The predicted octanol–water partition coefficient (Wildman–Crippen LogP) is 3.04. The van der Waals surface area contributed by atoms with Crippen LogP contribution in [0.25, 0.3) is 0 Å². The molecule has 1 aliphatic heterocycles. The molecule has 1 fully saturated rings. The Kier molecular flexibility index (Phi) is 6.01. The molecular weight excluding hydrogens is 302 g/mol. The zero-order valence-corrected chi connectivity index (χ0v) is 14.0. The molecule has 0 bridgehead atoms. The summed E-state index contributed by atoms with van der Waals surface area (Å²) in [5.41, 5.74) is 1.17. The van der Waals surface area contributed by atoms with Gasteiger partial charge < -0.3 is 9.64 Å². The Hall–Kier alpha value is -2.14. The van der Waals surface area contributed by atoms with Gasteiger partial charge in [-0.05, 0) is 30.9 Å². The lowest BCUT2D eigenvalue weighted by molar-refractivity contribution is -0.133. The van der Waals surface area contributed by atoms with E-state index < -0.39 is 0 Å². The summed E-state index contributed by atoms with van der Waals surface area (Å²) in [4.78, 5) is 14.4. The minimum absolute atomic E-state index is 0.232. The number of amides is 1. The molecule has 0 spiro atoms. The molecule has 2 aromatic rings. The Bertz CT molecular complexity index is 613. The molecule has 0 saturated carbocycles. The van der Waals surface area contributed by atoms with Crippen molar-refractivity contribution < 1.29 is 9.53 Å². The number of carbonyl (C=O) groups is 1. The van der Waals surface area contributed by atoms with Gasteiger partial charge in [-0.2, -0.15) is 5.10 Å². The van der Waals surface area contributed by atoms with Crippen molar-refractivity contribution in [1.29, 1.82) is 0 Å². The molecule has 0 radical (unpaired) electrons. The van der Waals surface area contributed by atoms with Gasteiger partial charge >= 0.3 is 0 Å². The molecule has 1 aliphatic rings. The first kappa shape index (κ1) is 16.7. The molecule has 1 amide bonds. The molecule has 128 valence electrons. The summed E-state index contributed by atoms with van der Waals surface area (Å²) in [6.45, 7) is 2.87. The second-order valence-corrected chi connectivity index (χ2v) is 6.26. The van der Waals surface area contributed by atoms with E-state index in [0.29, 0.717) is 25.7 Å². The molecule has 1 saturated heterocycles. The number of aromatic nitrogens is 2. The van der Waals surface area contributed by atoms with Crippen LogP contribution >= 0.6 is 0 Å². The smallest absolute Gasteiger partial charge is 0.222 e. The van der Waals surface area contributed by atoms with Crippen LogP contribution in [0.3, 0.4) is 0 Å². The normalized spacial score (nSPS) is 17.8. The summed E-state index contributed by atoms with van der Waals surface area (Å²) >= 11 is 0. The van der Waals surface area contributed by atoms with Gasteiger partial charge in [0.1, 0.15) is 0 Å². The van der Waals surface area contributed by atoms with Gasteiger partial charge in [0.15, 0.2) is 0 Å². The summed E-state index contributed by atoms with van der Waals surface area (Å²) in [6, 6.07) is 12.4. The molecule has 1 atom stereocenters. The second-order valence-electron chi connectivity index (χ2n) is 6.26. The molecule has 2 heterocycles. The number of benzene rings is 1. The number of nitrogens with zero attached hydrogens (tertiary/aromatic N) is 3. The summed E-state index contributed by atoms with van der Waals surface area (Å²) in [6.07, 6.45) is 7.24. The van der Waals surface area contributed by atoms with Crippen molar-refractivity contribution in [2.45, 2.75) is 38.3 Å². The van der Waals surface area contributed by atoms with E-state index in [1.807, 2.05) is 52.2 Å². The van der Waals surface area contributed by atoms with Gasteiger partial charge in [-0.1, -0.05) is 30.3 Å². The van der Waals surface area contributed by atoms with E-state index in [0.717, 1.165) is 32.4 Å². The number of hydrogen-bond donors (Lipinski definition) is 0. The monoisotopic (exact) mass is 327 g/mol. The predicted molar refractivity (Wildman–Crippen MR) is 92.4 cm³/mol. The highest BCUT2D eigenvalue weighted by Gasteiger charge is 2.24. The van der Waals surface area contributed by atoms with E-state index in [2.05, 4.69) is 5.10 Å². The quantitative estimate of drug-likeness (QED) is 0.734. The van der Waals surface area contributed by atoms with Crippen LogP contribution < -0.4 is 0 Å². The first-order valence-electron chi connectivity index (χ1n) is 8.71. The minimum Gasteiger partial charge on any atom is -0.377 e. The first-order valence-corrected chi connectivity index (χ1v) is 8.71. The van der Waals surface area contributed by atoms with Crippen molar-refractivity contribution in [2.75, 3.05) is 19.7 Å². The number of piperidine rings is 1.